The van der Waals surface area contributed by atoms with Gasteiger partial charge in [0, 0.05) is 48.7 Å². The molecule has 0 radical (unpaired) electrons. The van der Waals surface area contributed by atoms with E-state index in [1.54, 1.807) is 0 Å². The van der Waals surface area contributed by atoms with Crippen LogP contribution < -0.4 is 10.2 Å². The molecule has 1 aromatic heterocycles. The minimum absolute atomic E-state index is 0.727. The van der Waals surface area contributed by atoms with Crippen LogP contribution in [0, 0.1) is 5.92 Å². The van der Waals surface area contributed by atoms with Gasteiger partial charge in [0.05, 0.1) is 0 Å². The fourth-order valence-corrected chi connectivity index (χ4v) is 3.07. The Morgan fingerprint density at radius 3 is 2.86 bits per heavy atom. The van der Waals surface area contributed by atoms with Crippen molar-refractivity contribution in [1.29, 1.82) is 0 Å². The fourth-order valence-electron chi connectivity index (χ4n) is 2.81. The SMILES string of the molecule is Brc1ccc(N2CCC(CNCc3cccnc3)C2)cc1. The molecule has 1 atom stereocenters. The van der Waals surface area contributed by atoms with Gasteiger partial charge in [-0.25, -0.2) is 0 Å². The van der Waals surface area contributed by atoms with E-state index in [1.807, 2.05) is 18.5 Å². The van der Waals surface area contributed by atoms with Crippen LogP contribution in [-0.4, -0.2) is 24.6 Å². The topological polar surface area (TPSA) is 28.2 Å². The quantitative estimate of drug-likeness (QED) is 0.899. The number of benzene rings is 1. The molecule has 1 unspecified atom stereocenters. The van der Waals surface area contributed by atoms with Crippen molar-refractivity contribution in [3.8, 4) is 0 Å². The van der Waals surface area contributed by atoms with Crippen molar-refractivity contribution in [3.63, 3.8) is 0 Å². The highest BCUT2D eigenvalue weighted by molar-refractivity contribution is 9.10. The highest BCUT2D eigenvalue weighted by Gasteiger charge is 2.22. The smallest absolute Gasteiger partial charge is 0.0367 e. The van der Waals surface area contributed by atoms with Crippen LogP contribution in [0.5, 0.6) is 0 Å². The second-order valence-electron chi connectivity index (χ2n) is 5.57. The maximum Gasteiger partial charge on any atom is 0.0367 e. The van der Waals surface area contributed by atoms with Gasteiger partial charge < -0.3 is 10.2 Å². The first kappa shape index (κ1) is 14.5. The van der Waals surface area contributed by atoms with Crippen molar-refractivity contribution in [3.05, 3.63) is 58.8 Å². The maximum absolute atomic E-state index is 4.14. The number of hydrogen-bond donors (Lipinski definition) is 1. The molecule has 21 heavy (non-hydrogen) atoms. The highest BCUT2D eigenvalue weighted by atomic mass is 79.9. The molecule has 0 amide bonds. The zero-order valence-corrected chi connectivity index (χ0v) is 13.6. The molecule has 0 saturated carbocycles. The van der Waals surface area contributed by atoms with E-state index in [2.05, 4.69) is 61.5 Å². The van der Waals surface area contributed by atoms with Crippen molar-refractivity contribution >= 4 is 21.6 Å². The number of hydrogen-bond acceptors (Lipinski definition) is 3. The molecule has 1 N–H and O–H groups in total. The lowest BCUT2D eigenvalue weighted by atomic mass is 10.1. The number of nitrogens with one attached hydrogen (secondary N) is 1. The summed E-state index contributed by atoms with van der Waals surface area (Å²) in [5.74, 6) is 0.727. The largest absolute Gasteiger partial charge is 0.371 e. The lowest BCUT2D eigenvalue weighted by Crippen LogP contribution is -2.26. The third-order valence-corrected chi connectivity index (χ3v) is 4.49. The molecule has 4 heteroatoms. The summed E-state index contributed by atoms with van der Waals surface area (Å²) in [5, 5.41) is 3.55. The van der Waals surface area contributed by atoms with E-state index in [0.717, 1.165) is 36.6 Å². The summed E-state index contributed by atoms with van der Waals surface area (Å²) < 4.78 is 1.14. The van der Waals surface area contributed by atoms with E-state index in [4.69, 9.17) is 0 Å². The molecule has 0 bridgehead atoms. The lowest BCUT2D eigenvalue weighted by molar-refractivity contribution is 0.516. The molecule has 1 saturated heterocycles. The Bertz CT molecular complexity index is 556. The van der Waals surface area contributed by atoms with Gasteiger partial charge in [-0.05, 0) is 48.2 Å². The fraction of sp³-hybridized carbons (Fsp3) is 0.353. The van der Waals surface area contributed by atoms with Gasteiger partial charge in [-0.1, -0.05) is 22.0 Å². The van der Waals surface area contributed by atoms with Crippen LogP contribution in [0.2, 0.25) is 0 Å². The van der Waals surface area contributed by atoms with Gasteiger partial charge in [-0.15, -0.1) is 0 Å². The zero-order chi connectivity index (χ0) is 14.5. The minimum atomic E-state index is 0.727. The summed E-state index contributed by atoms with van der Waals surface area (Å²) >= 11 is 3.49. The summed E-state index contributed by atoms with van der Waals surface area (Å²) in [6.45, 7) is 4.27. The summed E-state index contributed by atoms with van der Waals surface area (Å²) in [4.78, 5) is 6.62. The molecule has 1 aliphatic rings. The minimum Gasteiger partial charge on any atom is -0.371 e. The molecule has 1 fully saturated rings. The van der Waals surface area contributed by atoms with Crippen LogP contribution >= 0.6 is 15.9 Å². The van der Waals surface area contributed by atoms with Gasteiger partial charge in [0.25, 0.3) is 0 Å². The Hall–Kier alpha value is -1.39. The van der Waals surface area contributed by atoms with Gasteiger partial charge in [0.2, 0.25) is 0 Å². The molecule has 0 spiro atoms. The first-order valence-electron chi connectivity index (χ1n) is 7.41. The Morgan fingerprint density at radius 1 is 1.24 bits per heavy atom. The molecule has 110 valence electrons. The van der Waals surface area contributed by atoms with Crippen LogP contribution in [-0.2, 0) is 6.54 Å². The Morgan fingerprint density at radius 2 is 2.10 bits per heavy atom. The summed E-state index contributed by atoms with van der Waals surface area (Å²) in [7, 11) is 0. The van der Waals surface area contributed by atoms with Gasteiger partial charge in [-0.2, -0.15) is 0 Å². The molecular formula is C17H20BrN3. The van der Waals surface area contributed by atoms with Crippen LogP contribution in [0.1, 0.15) is 12.0 Å². The van der Waals surface area contributed by atoms with E-state index in [0.29, 0.717) is 0 Å². The standard InChI is InChI=1S/C17H20BrN3/c18-16-3-5-17(6-4-16)21-9-7-15(13-21)12-20-11-14-2-1-8-19-10-14/h1-6,8,10,15,20H,7,9,11-13H2. The lowest BCUT2D eigenvalue weighted by Gasteiger charge is -2.19. The average molecular weight is 346 g/mol. The van der Waals surface area contributed by atoms with E-state index in [-0.39, 0.29) is 0 Å². The summed E-state index contributed by atoms with van der Waals surface area (Å²) in [5.41, 5.74) is 2.58. The average Bonchev–Trinajstić information content (AvgIpc) is 2.98. The van der Waals surface area contributed by atoms with Crippen LogP contribution in [0.3, 0.4) is 0 Å². The zero-order valence-electron chi connectivity index (χ0n) is 12.0. The highest BCUT2D eigenvalue weighted by Crippen LogP contribution is 2.24. The van der Waals surface area contributed by atoms with E-state index >= 15 is 0 Å². The van der Waals surface area contributed by atoms with Crippen molar-refractivity contribution in [2.75, 3.05) is 24.5 Å². The molecule has 0 aliphatic carbocycles. The number of pyridine rings is 1. The number of halogens is 1. The number of nitrogens with zero attached hydrogens (tertiary/aromatic N) is 2. The molecule has 3 rings (SSSR count). The van der Waals surface area contributed by atoms with Crippen molar-refractivity contribution < 1.29 is 0 Å². The Labute approximate surface area is 134 Å². The Balaban J connectivity index is 1.45. The monoisotopic (exact) mass is 345 g/mol. The number of anilines is 1. The van der Waals surface area contributed by atoms with E-state index in [1.165, 1.54) is 17.7 Å². The molecular weight excluding hydrogens is 326 g/mol. The molecule has 3 nitrogen and oxygen atoms in total. The Kier molecular flexibility index (Phi) is 4.88. The van der Waals surface area contributed by atoms with Crippen molar-refractivity contribution in [2.24, 2.45) is 5.92 Å². The van der Waals surface area contributed by atoms with Crippen LogP contribution in [0.4, 0.5) is 5.69 Å². The van der Waals surface area contributed by atoms with Gasteiger partial charge >= 0.3 is 0 Å². The third-order valence-electron chi connectivity index (χ3n) is 3.96. The first-order valence-corrected chi connectivity index (χ1v) is 8.21. The second kappa shape index (κ2) is 7.05. The van der Waals surface area contributed by atoms with Crippen molar-refractivity contribution in [2.45, 2.75) is 13.0 Å². The molecule has 1 aliphatic heterocycles. The van der Waals surface area contributed by atoms with Gasteiger partial charge in [-0.3, -0.25) is 4.98 Å². The van der Waals surface area contributed by atoms with E-state index in [9.17, 15) is 0 Å². The molecule has 2 aromatic rings. The summed E-state index contributed by atoms with van der Waals surface area (Å²) in [6.07, 6.45) is 5.00. The normalized spacial score (nSPS) is 18.1. The second-order valence-corrected chi connectivity index (χ2v) is 6.48. The predicted molar refractivity (Wildman–Crippen MR) is 90.4 cm³/mol. The maximum atomic E-state index is 4.14. The first-order chi connectivity index (χ1) is 10.3. The van der Waals surface area contributed by atoms with Crippen LogP contribution in [0.15, 0.2) is 53.3 Å². The number of aromatic nitrogens is 1. The number of rotatable bonds is 5. The third kappa shape index (κ3) is 4.05. The van der Waals surface area contributed by atoms with E-state index < -0.39 is 0 Å². The molecule has 2 heterocycles. The molecule has 1 aromatic carbocycles. The predicted octanol–water partition coefficient (Wildman–Crippen LogP) is 3.46. The van der Waals surface area contributed by atoms with Crippen molar-refractivity contribution in [1.82, 2.24) is 10.3 Å². The summed E-state index contributed by atoms with van der Waals surface area (Å²) in [6, 6.07) is 12.7. The van der Waals surface area contributed by atoms with Gasteiger partial charge in [0.15, 0.2) is 0 Å². The van der Waals surface area contributed by atoms with Gasteiger partial charge in [0.1, 0.15) is 0 Å². The van der Waals surface area contributed by atoms with Crippen LogP contribution in [0.25, 0.3) is 0 Å².